The fraction of sp³-hybridized carbons (Fsp3) is 0.583. The van der Waals surface area contributed by atoms with Gasteiger partial charge in [-0.25, -0.2) is 4.79 Å². The van der Waals surface area contributed by atoms with E-state index in [2.05, 4.69) is 12.0 Å². The molecule has 6 nitrogen and oxygen atoms in total. The second-order valence-corrected chi connectivity index (χ2v) is 4.30. The summed E-state index contributed by atoms with van der Waals surface area (Å²) in [6.45, 7) is 4.27. The Hall–Kier alpha value is -1.85. The van der Waals surface area contributed by atoms with E-state index < -0.39 is 12.0 Å². The fourth-order valence-electron chi connectivity index (χ4n) is 1.49. The van der Waals surface area contributed by atoms with Gasteiger partial charge in [0.05, 0.1) is 11.8 Å². The van der Waals surface area contributed by atoms with Crippen molar-refractivity contribution in [1.82, 2.24) is 14.7 Å². The maximum Gasteiger partial charge on any atom is 0.328 e. The number of hydrogen-bond donors (Lipinski definition) is 1. The van der Waals surface area contributed by atoms with Crippen molar-refractivity contribution in [1.29, 1.82) is 0 Å². The molecule has 1 amide bonds. The van der Waals surface area contributed by atoms with Gasteiger partial charge < -0.3 is 10.0 Å². The van der Waals surface area contributed by atoms with Crippen molar-refractivity contribution in [2.75, 3.05) is 13.6 Å². The summed E-state index contributed by atoms with van der Waals surface area (Å²) in [5.74, 6) is -1.11. The number of carbonyl (C=O) groups is 2. The van der Waals surface area contributed by atoms with E-state index in [4.69, 9.17) is 5.11 Å². The molecule has 0 aliphatic rings. The summed E-state index contributed by atoms with van der Waals surface area (Å²) in [6.07, 6.45) is 4.85. The number of rotatable bonds is 6. The highest BCUT2D eigenvalue weighted by atomic mass is 16.4. The minimum absolute atomic E-state index is 0.132. The number of hydrogen-bond acceptors (Lipinski definition) is 3. The first-order valence-corrected chi connectivity index (χ1v) is 5.99. The zero-order valence-electron chi connectivity index (χ0n) is 11.0. The molecule has 1 aromatic heterocycles. The molecule has 0 aromatic carbocycles. The van der Waals surface area contributed by atoms with Crippen molar-refractivity contribution in [2.24, 2.45) is 0 Å². The third kappa shape index (κ3) is 3.32. The van der Waals surface area contributed by atoms with Gasteiger partial charge in [0.25, 0.3) is 5.91 Å². The van der Waals surface area contributed by atoms with Crippen molar-refractivity contribution in [3.63, 3.8) is 0 Å². The Morgan fingerprint density at radius 2 is 2.22 bits per heavy atom. The van der Waals surface area contributed by atoms with Crippen LogP contribution in [0.2, 0.25) is 0 Å². The summed E-state index contributed by atoms with van der Waals surface area (Å²) in [4.78, 5) is 24.4. The Kier molecular flexibility index (Phi) is 4.88. The van der Waals surface area contributed by atoms with Crippen molar-refractivity contribution in [3.05, 3.63) is 18.0 Å². The van der Waals surface area contributed by atoms with Crippen molar-refractivity contribution >= 4 is 11.9 Å². The van der Waals surface area contributed by atoms with Crippen LogP contribution in [0.15, 0.2) is 12.4 Å². The summed E-state index contributed by atoms with van der Waals surface area (Å²) in [6, 6.07) is -0.771. The second-order valence-electron chi connectivity index (χ2n) is 4.30. The number of carboxylic acids is 1. The third-order valence-electron chi connectivity index (χ3n) is 2.80. The molecule has 0 bridgehead atoms. The number of unbranched alkanes of at least 4 members (excludes halogenated alkanes) is 1. The number of amides is 1. The van der Waals surface area contributed by atoms with Crippen LogP contribution in [0.25, 0.3) is 0 Å². The highest BCUT2D eigenvalue weighted by molar-refractivity contribution is 5.93. The van der Waals surface area contributed by atoms with Gasteiger partial charge in [-0.1, -0.05) is 13.3 Å². The maximum atomic E-state index is 12.0. The smallest absolute Gasteiger partial charge is 0.328 e. The Morgan fingerprint density at radius 3 is 2.78 bits per heavy atom. The highest BCUT2D eigenvalue weighted by Crippen LogP contribution is 2.09. The molecule has 0 saturated heterocycles. The zero-order chi connectivity index (χ0) is 13.7. The normalized spacial score (nSPS) is 12.2. The number of aliphatic carboxylic acids is 1. The van der Waals surface area contributed by atoms with Gasteiger partial charge in [-0.2, -0.15) is 5.10 Å². The van der Waals surface area contributed by atoms with Crippen molar-refractivity contribution in [3.8, 4) is 0 Å². The molecule has 0 aliphatic carbocycles. The first-order valence-electron chi connectivity index (χ1n) is 5.99. The van der Waals surface area contributed by atoms with Gasteiger partial charge in [0.15, 0.2) is 0 Å². The van der Waals surface area contributed by atoms with Crippen LogP contribution in [0.5, 0.6) is 0 Å². The molecule has 0 radical (unpaired) electrons. The second kappa shape index (κ2) is 6.18. The lowest BCUT2D eigenvalue weighted by atomic mass is 10.2. The SMILES string of the molecule is CCCCN(C)C(=O)c1cnn(C(C)C(=O)O)c1. The molecule has 6 heteroatoms. The van der Waals surface area contributed by atoms with E-state index in [1.807, 2.05) is 0 Å². The Balaban J connectivity index is 2.73. The third-order valence-corrected chi connectivity index (χ3v) is 2.80. The van der Waals surface area contributed by atoms with Gasteiger partial charge in [0.1, 0.15) is 6.04 Å². The van der Waals surface area contributed by atoms with E-state index in [9.17, 15) is 9.59 Å². The van der Waals surface area contributed by atoms with Gasteiger partial charge in [-0.05, 0) is 13.3 Å². The average Bonchev–Trinajstić information content (AvgIpc) is 2.83. The first kappa shape index (κ1) is 14.2. The standard InChI is InChI=1S/C12H19N3O3/c1-4-5-6-14(3)11(16)10-7-13-15(8-10)9(2)12(17)18/h7-9H,4-6H2,1-3H3,(H,17,18). The molecule has 0 fully saturated rings. The minimum atomic E-state index is -0.976. The largest absolute Gasteiger partial charge is 0.480 e. The van der Waals surface area contributed by atoms with Crippen molar-refractivity contribution in [2.45, 2.75) is 32.7 Å². The molecule has 1 unspecified atom stereocenters. The first-order chi connectivity index (χ1) is 8.47. The monoisotopic (exact) mass is 253 g/mol. The lowest BCUT2D eigenvalue weighted by molar-refractivity contribution is -0.140. The van der Waals surface area contributed by atoms with E-state index in [0.29, 0.717) is 12.1 Å². The van der Waals surface area contributed by atoms with E-state index >= 15 is 0 Å². The lowest BCUT2D eigenvalue weighted by Gasteiger charge is -2.15. The number of carboxylic acid groups (broad SMARTS) is 1. The quantitative estimate of drug-likeness (QED) is 0.831. The van der Waals surface area contributed by atoms with Crippen LogP contribution < -0.4 is 0 Å². The van der Waals surface area contributed by atoms with E-state index in [1.165, 1.54) is 24.0 Å². The molecule has 1 N–H and O–H groups in total. The number of aromatic nitrogens is 2. The molecule has 1 aromatic rings. The van der Waals surface area contributed by atoms with E-state index in [0.717, 1.165) is 12.8 Å². The van der Waals surface area contributed by atoms with E-state index in [-0.39, 0.29) is 5.91 Å². The van der Waals surface area contributed by atoms with Gasteiger partial charge in [0.2, 0.25) is 0 Å². The fourth-order valence-corrected chi connectivity index (χ4v) is 1.49. The summed E-state index contributed by atoms with van der Waals surface area (Å²) >= 11 is 0. The zero-order valence-corrected chi connectivity index (χ0v) is 11.0. The van der Waals surface area contributed by atoms with Crippen LogP contribution in [0, 0.1) is 0 Å². The Morgan fingerprint density at radius 1 is 1.56 bits per heavy atom. The number of carbonyl (C=O) groups excluding carboxylic acids is 1. The van der Waals surface area contributed by atoms with Gasteiger partial charge >= 0.3 is 5.97 Å². The summed E-state index contributed by atoms with van der Waals surface area (Å²) in [5.41, 5.74) is 0.418. The average molecular weight is 253 g/mol. The molecule has 0 aliphatic heterocycles. The molecule has 1 heterocycles. The minimum Gasteiger partial charge on any atom is -0.480 e. The molecule has 18 heavy (non-hydrogen) atoms. The van der Waals surface area contributed by atoms with Crippen LogP contribution in [0.3, 0.4) is 0 Å². The summed E-state index contributed by atoms with van der Waals surface area (Å²) in [7, 11) is 1.73. The van der Waals surface area contributed by atoms with Crippen molar-refractivity contribution < 1.29 is 14.7 Å². The predicted molar refractivity (Wildman–Crippen MR) is 66.4 cm³/mol. The summed E-state index contributed by atoms with van der Waals surface area (Å²) < 4.78 is 1.28. The molecule has 0 spiro atoms. The van der Waals surface area contributed by atoms with Gasteiger partial charge in [-0.15, -0.1) is 0 Å². The topological polar surface area (TPSA) is 75.4 Å². The summed E-state index contributed by atoms with van der Waals surface area (Å²) in [5, 5.41) is 12.8. The van der Waals surface area contributed by atoms with Crippen LogP contribution in [0.4, 0.5) is 0 Å². The van der Waals surface area contributed by atoms with Gasteiger partial charge in [-0.3, -0.25) is 9.48 Å². The molecule has 1 rings (SSSR count). The maximum absolute atomic E-state index is 12.0. The molecular weight excluding hydrogens is 234 g/mol. The van der Waals surface area contributed by atoms with Crippen LogP contribution in [-0.2, 0) is 4.79 Å². The van der Waals surface area contributed by atoms with Gasteiger partial charge in [0, 0.05) is 19.8 Å². The number of nitrogens with zero attached hydrogens (tertiary/aromatic N) is 3. The highest BCUT2D eigenvalue weighted by Gasteiger charge is 2.18. The van der Waals surface area contributed by atoms with Crippen LogP contribution >= 0.6 is 0 Å². The van der Waals surface area contributed by atoms with Crippen LogP contribution in [-0.4, -0.2) is 45.3 Å². The Bertz CT molecular complexity index is 428. The molecule has 0 saturated carbocycles. The lowest BCUT2D eigenvalue weighted by Crippen LogP contribution is -2.27. The molecule has 1 atom stereocenters. The predicted octanol–water partition coefficient (Wildman–Crippen LogP) is 1.40. The van der Waals surface area contributed by atoms with E-state index in [1.54, 1.807) is 11.9 Å². The van der Waals surface area contributed by atoms with Crippen LogP contribution in [0.1, 0.15) is 43.1 Å². The Labute approximate surface area is 106 Å². The molecule has 100 valence electrons. The molecular formula is C12H19N3O3.